The van der Waals surface area contributed by atoms with Crippen LogP contribution >= 0.6 is 11.8 Å². The van der Waals surface area contributed by atoms with Crippen molar-refractivity contribution >= 4 is 29.5 Å². The molecule has 6 nitrogen and oxygen atoms in total. The zero-order valence-corrected chi connectivity index (χ0v) is 14.8. The molecule has 0 unspecified atom stereocenters. The van der Waals surface area contributed by atoms with Crippen LogP contribution in [0, 0.1) is 11.8 Å². The summed E-state index contributed by atoms with van der Waals surface area (Å²) in [5.74, 6) is 1.64. The van der Waals surface area contributed by atoms with Gasteiger partial charge in [-0.1, -0.05) is 12.2 Å². The summed E-state index contributed by atoms with van der Waals surface area (Å²) in [5.41, 5.74) is 0. The number of fused-ring (bicyclic) bond motifs is 1. The number of carbonyl (C=O) groups is 3. The van der Waals surface area contributed by atoms with E-state index < -0.39 is 0 Å². The minimum absolute atomic E-state index is 0.124. The molecule has 1 aliphatic heterocycles. The highest BCUT2D eigenvalue weighted by atomic mass is 32.2. The zero-order chi connectivity index (χ0) is 17.6. The summed E-state index contributed by atoms with van der Waals surface area (Å²) in [7, 11) is 0. The summed E-state index contributed by atoms with van der Waals surface area (Å²) in [6.07, 6.45) is 6.99. The molecule has 2 heterocycles. The number of thioether (sulfide) groups is 1. The minimum Gasteiger partial charge on any atom is -0.468 e. The summed E-state index contributed by atoms with van der Waals surface area (Å²) in [6.45, 7) is 0.733. The van der Waals surface area contributed by atoms with Gasteiger partial charge in [-0.05, 0) is 25.0 Å². The largest absolute Gasteiger partial charge is 0.468 e. The Morgan fingerprint density at radius 1 is 1.24 bits per heavy atom. The summed E-state index contributed by atoms with van der Waals surface area (Å²) in [6, 6.07) is 3.77. The first-order valence-electron chi connectivity index (χ1n) is 8.54. The smallest absolute Gasteiger partial charge is 0.233 e. The standard InChI is InChI=1S/C18H22N2O4S/c21-16(19-8-11-25-12-13-4-3-10-24-13)7-9-20-17(22)14-5-1-2-6-15(14)18(20)23/h1-4,10,14-15H,5-9,11-12H2,(H,19,21)/t14-,15-/m1/s1. The van der Waals surface area contributed by atoms with Gasteiger partial charge in [-0.15, -0.1) is 0 Å². The molecule has 0 saturated carbocycles. The summed E-state index contributed by atoms with van der Waals surface area (Å²) >= 11 is 1.68. The number of likely N-dealkylation sites (tertiary alicyclic amines) is 1. The molecule has 1 aromatic heterocycles. The van der Waals surface area contributed by atoms with Crippen LogP contribution in [0.1, 0.15) is 25.0 Å². The van der Waals surface area contributed by atoms with Gasteiger partial charge in [-0.25, -0.2) is 0 Å². The highest BCUT2D eigenvalue weighted by Gasteiger charge is 2.46. The Morgan fingerprint density at radius 3 is 2.60 bits per heavy atom. The van der Waals surface area contributed by atoms with Gasteiger partial charge in [0.15, 0.2) is 0 Å². The molecule has 0 spiro atoms. The second-order valence-corrected chi connectivity index (χ2v) is 7.32. The fourth-order valence-corrected chi connectivity index (χ4v) is 3.98. The van der Waals surface area contributed by atoms with Crippen LogP contribution in [0.25, 0.3) is 0 Å². The van der Waals surface area contributed by atoms with Crippen LogP contribution in [-0.4, -0.2) is 41.5 Å². The van der Waals surface area contributed by atoms with Gasteiger partial charge in [0.05, 0.1) is 23.9 Å². The Labute approximate surface area is 151 Å². The molecule has 3 amide bonds. The molecular formula is C18H22N2O4S. The normalized spacial score (nSPS) is 22.3. The van der Waals surface area contributed by atoms with Crippen molar-refractivity contribution < 1.29 is 18.8 Å². The molecule has 7 heteroatoms. The van der Waals surface area contributed by atoms with Crippen molar-refractivity contribution in [3.05, 3.63) is 36.3 Å². The molecule has 0 radical (unpaired) electrons. The number of hydrogen-bond donors (Lipinski definition) is 1. The summed E-state index contributed by atoms with van der Waals surface area (Å²) < 4.78 is 5.23. The highest BCUT2D eigenvalue weighted by Crippen LogP contribution is 2.34. The average Bonchev–Trinajstić information content (AvgIpc) is 3.22. The van der Waals surface area contributed by atoms with E-state index in [1.807, 2.05) is 24.3 Å². The molecule has 0 aromatic carbocycles. The average molecular weight is 362 g/mol. The van der Waals surface area contributed by atoms with Crippen LogP contribution in [0.2, 0.25) is 0 Å². The van der Waals surface area contributed by atoms with Crippen molar-refractivity contribution in [3.63, 3.8) is 0 Å². The first-order chi connectivity index (χ1) is 12.2. The Bertz CT molecular complexity index is 630. The van der Waals surface area contributed by atoms with Gasteiger partial charge in [-0.3, -0.25) is 19.3 Å². The third kappa shape index (κ3) is 4.34. The fourth-order valence-electron chi connectivity index (χ4n) is 3.22. The topological polar surface area (TPSA) is 79.6 Å². The number of rotatable bonds is 8. The molecule has 1 aliphatic carbocycles. The predicted octanol–water partition coefficient (Wildman–Crippen LogP) is 1.97. The van der Waals surface area contributed by atoms with E-state index in [0.717, 1.165) is 17.3 Å². The van der Waals surface area contributed by atoms with Crippen LogP contribution in [0.3, 0.4) is 0 Å². The van der Waals surface area contributed by atoms with Gasteiger partial charge in [0.25, 0.3) is 0 Å². The second-order valence-electron chi connectivity index (χ2n) is 6.22. The van der Waals surface area contributed by atoms with E-state index >= 15 is 0 Å². The monoisotopic (exact) mass is 362 g/mol. The van der Waals surface area contributed by atoms with Gasteiger partial charge in [0, 0.05) is 25.3 Å². The first-order valence-corrected chi connectivity index (χ1v) is 9.69. The van der Waals surface area contributed by atoms with E-state index in [4.69, 9.17) is 4.42 Å². The predicted molar refractivity (Wildman–Crippen MR) is 94.6 cm³/mol. The number of allylic oxidation sites excluding steroid dienone is 2. The number of furan rings is 1. The van der Waals surface area contributed by atoms with Gasteiger partial charge in [0.1, 0.15) is 5.76 Å². The van der Waals surface area contributed by atoms with E-state index in [1.165, 1.54) is 4.90 Å². The van der Waals surface area contributed by atoms with Crippen LogP contribution < -0.4 is 5.32 Å². The molecule has 0 bridgehead atoms. The van der Waals surface area contributed by atoms with Gasteiger partial charge < -0.3 is 9.73 Å². The molecule has 1 N–H and O–H groups in total. The van der Waals surface area contributed by atoms with E-state index in [-0.39, 0.29) is 42.5 Å². The lowest BCUT2D eigenvalue weighted by molar-refractivity contribution is -0.140. The van der Waals surface area contributed by atoms with Gasteiger partial charge in [-0.2, -0.15) is 11.8 Å². The lowest BCUT2D eigenvalue weighted by Gasteiger charge is -2.14. The number of nitrogens with zero attached hydrogens (tertiary/aromatic N) is 1. The van der Waals surface area contributed by atoms with Crippen LogP contribution in [0.15, 0.2) is 35.0 Å². The molecule has 3 rings (SSSR count). The number of imide groups is 1. The molecule has 1 fully saturated rings. The second kappa shape index (κ2) is 8.38. The highest BCUT2D eigenvalue weighted by molar-refractivity contribution is 7.98. The maximum atomic E-state index is 12.3. The van der Waals surface area contributed by atoms with Crippen LogP contribution in [0.5, 0.6) is 0 Å². The van der Waals surface area contributed by atoms with Crippen LogP contribution in [0.4, 0.5) is 0 Å². The van der Waals surface area contributed by atoms with Crippen molar-refractivity contribution in [1.29, 1.82) is 0 Å². The Morgan fingerprint density at radius 2 is 1.96 bits per heavy atom. The SMILES string of the molecule is O=C(CCN1C(=O)[C@@H]2CC=CC[C@H]2C1=O)NCCSCc1ccco1. The Kier molecular flexibility index (Phi) is 5.96. The van der Waals surface area contributed by atoms with Gasteiger partial charge >= 0.3 is 0 Å². The summed E-state index contributed by atoms with van der Waals surface area (Å²) in [4.78, 5) is 37.8. The van der Waals surface area contributed by atoms with E-state index in [0.29, 0.717) is 19.4 Å². The maximum absolute atomic E-state index is 12.3. The molecule has 2 aliphatic rings. The maximum Gasteiger partial charge on any atom is 0.233 e. The number of amides is 3. The van der Waals surface area contributed by atoms with E-state index in [1.54, 1.807) is 18.0 Å². The summed E-state index contributed by atoms with van der Waals surface area (Å²) in [5, 5.41) is 2.83. The molecule has 25 heavy (non-hydrogen) atoms. The van der Waals surface area contributed by atoms with E-state index in [2.05, 4.69) is 5.32 Å². The van der Waals surface area contributed by atoms with Crippen molar-refractivity contribution in [2.24, 2.45) is 11.8 Å². The third-order valence-electron chi connectivity index (χ3n) is 4.55. The van der Waals surface area contributed by atoms with Crippen LogP contribution in [-0.2, 0) is 20.1 Å². The fraction of sp³-hybridized carbons (Fsp3) is 0.500. The number of nitrogens with one attached hydrogen (secondary N) is 1. The lowest BCUT2D eigenvalue weighted by Crippen LogP contribution is -2.36. The van der Waals surface area contributed by atoms with Crippen molar-refractivity contribution in [2.45, 2.75) is 25.0 Å². The molecule has 134 valence electrons. The number of carbonyl (C=O) groups excluding carboxylic acids is 3. The first kappa shape index (κ1) is 17.8. The zero-order valence-electron chi connectivity index (χ0n) is 14.0. The number of hydrogen-bond acceptors (Lipinski definition) is 5. The molecular weight excluding hydrogens is 340 g/mol. The molecule has 1 aromatic rings. The van der Waals surface area contributed by atoms with Crippen molar-refractivity contribution in [3.8, 4) is 0 Å². The van der Waals surface area contributed by atoms with Crippen molar-refractivity contribution in [2.75, 3.05) is 18.8 Å². The van der Waals surface area contributed by atoms with Crippen molar-refractivity contribution in [1.82, 2.24) is 10.2 Å². The quantitative estimate of drug-likeness (QED) is 0.434. The third-order valence-corrected chi connectivity index (χ3v) is 5.54. The minimum atomic E-state index is -0.224. The Balaban J connectivity index is 1.33. The molecule has 1 saturated heterocycles. The lowest BCUT2D eigenvalue weighted by atomic mass is 9.85. The Hall–Kier alpha value is -2.02. The molecule has 2 atom stereocenters. The van der Waals surface area contributed by atoms with E-state index in [9.17, 15) is 14.4 Å². The van der Waals surface area contributed by atoms with Gasteiger partial charge in [0.2, 0.25) is 17.7 Å².